The van der Waals surface area contributed by atoms with Crippen molar-refractivity contribution in [3.05, 3.63) is 22.6 Å². The van der Waals surface area contributed by atoms with Crippen molar-refractivity contribution in [2.24, 2.45) is 0 Å². The fraction of sp³-hybridized carbons (Fsp3) is 0.643. The Bertz CT molecular complexity index is 451. The van der Waals surface area contributed by atoms with E-state index in [-0.39, 0.29) is 5.91 Å². The van der Waals surface area contributed by atoms with Crippen LogP contribution in [0, 0.1) is 20.8 Å². The highest BCUT2D eigenvalue weighted by Gasteiger charge is 2.31. The second-order valence-corrected chi connectivity index (χ2v) is 5.07. The first-order valence-electron chi connectivity index (χ1n) is 6.58. The summed E-state index contributed by atoms with van der Waals surface area (Å²) in [4.78, 5) is 14.6. The van der Waals surface area contributed by atoms with Crippen LogP contribution < -0.4 is 5.32 Å². The zero-order chi connectivity index (χ0) is 13.3. The maximum atomic E-state index is 12.6. The van der Waals surface area contributed by atoms with E-state index in [1.807, 2.05) is 32.7 Å². The van der Waals surface area contributed by atoms with Gasteiger partial charge in [-0.15, -0.1) is 0 Å². The van der Waals surface area contributed by atoms with Gasteiger partial charge in [-0.25, -0.2) is 0 Å². The molecule has 1 aliphatic heterocycles. The summed E-state index contributed by atoms with van der Waals surface area (Å²) >= 11 is 0. The number of nitrogens with zero attached hydrogens (tertiary/aromatic N) is 1. The highest BCUT2D eigenvalue weighted by atomic mass is 16.3. The molecule has 0 saturated carbocycles. The molecular weight excluding hydrogens is 228 g/mol. The van der Waals surface area contributed by atoms with Crippen LogP contribution in [0.25, 0.3) is 0 Å². The molecule has 1 fully saturated rings. The van der Waals surface area contributed by atoms with Crippen LogP contribution in [-0.4, -0.2) is 37.0 Å². The van der Waals surface area contributed by atoms with Crippen molar-refractivity contribution in [2.75, 3.05) is 20.1 Å². The van der Waals surface area contributed by atoms with Gasteiger partial charge in [0.15, 0.2) is 0 Å². The third kappa shape index (κ3) is 2.17. The Morgan fingerprint density at radius 2 is 2.11 bits per heavy atom. The second kappa shape index (κ2) is 5.14. The third-order valence-corrected chi connectivity index (χ3v) is 3.85. The Morgan fingerprint density at radius 1 is 1.39 bits per heavy atom. The minimum absolute atomic E-state index is 0.125. The Balaban J connectivity index is 2.25. The molecule has 100 valence electrons. The summed E-state index contributed by atoms with van der Waals surface area (Å²) in [5.41, 5.74) is 1.74. The maximum absolute atomic E-state index is 12.6. The second-order valence-electron chi connectivity index (χ2n) is 5.07. The molecule has 0 bridgehead atoms. The fourth-order valence-electron chi connectivity index (χ4n) is 2.80. The van der Waals surface area contributed by atoms with Gasteiger partial charge in [-0.1, -0.05) is 0 Å². The SMILES string of the molecule is CNCC1CCCN1C(=O)c1c(C)oc(C)c1C. The summed E-state index contributed by atoms with van der Waals surface area (Å²) < 4.78 is 5.56. The van der Waals surface area contributed by atoms with Crippen LogP contribution in [0.2, 0.25) is 0 Å². The summed E-state index contributed by atoms with van der Waals surface area (Å²) in [5, 5.41) is 3.16. The van der Waals surface area contributed by atoms with E-state index in [1.54, 1.807) is 0 Å². The molecule has 1 aromatic heterocycles. The minimum atomic E-state index is 0.125. The van der Waals surface area contributed by atoms with Gasteiger partial charge in [0, 0.05) is 24.7 Å². The van der Waals surface area contributed by atoms with Gasteiger partial charge in [-0.3, -0.25) is 4.79 Å². The molecule has 1 N–H and O–H groups in total. The average molecular weight is 250 g/mol. The molecule has 18 heavy (non-hydrogen) atoms. The normalized spacial score (nSPS) is 19.6. The fourth-order valence-corrected chi connectivity index (χ4v) is 2.80. The van der Waals surface area contributed by atoms with Gasteiger partial charge >= 0.3 is 0 Å². The van der Waals surface area contributed by atoms with E-state index in [2.05, 4.69) is 5.32 Å². The van der Waals surface area contributed by atoms with Crippen LogP contribution in [0.4, 0.5) is 0 Å². The van der Waals surface area contributed by atoms with Gasteiger partial charge in [0.25, 0.3) is 5.91 Å². The zero-order valence-electron chi connectivity index (χ0n) is 11.7. The van der Waals surface area contributed by atoms with E-state index in [9.17, 15) is 4.79 Å². The lowest BCUT2D eigenvalue weighted by Gasteiger charge is -2.24. The average Bonchev–Trinajstić information content (AvgIpc) is 2.86. The minimum Gasteiger partial charge on any atom is -0.466 e. The molecule has 0 aromatic carbocycles. The number of carbonyl (C=O) groups is 1. The van der Waals surface area contributed by atoms with Crippen molar-refractivity contribution in [2.45, 2.75) is 39.7 Å². The summed E-state index contributed by atoms with van der Waals surface area (Å²) in [6, 6.07) is 0.316. The largest absolute Gasteiger partial charge is 0.466 e. The van der Waals surface area contributed by atoms with Crippen molar-refractivity contribution >= 4 is 5.91 Å². The van der Waals surface area contributed by atoms with E-state index in [0.717, 1.165) is 48.6 Å². The first kappa shape index (κ1) is 13.1. The summed E-state index contributed by atoms with van der Waals surface area (Å²) in [6.07, 6.45) is 2.18. The Labute approximate surface area is 108 Å². The number of rotatable bonds is 3. The van der Waals surface area contributed by atoms with E-state index >= 15 is 0 Å². The summed E-state index contributed by atoms with van der Waals surface area (Å²) in [7, 11) is 1.93. The highest BCUT2D eigenvalue weighted by molar-refractivity contribution is 5.97. The van der Waals surface area contributed by atoms with Gasteiger partial charge in [0.1, 0.15) is 11.5 Å². The van der Waals surface area contributed by atoms with Crippen LogP contribution in [0.5, 0.6) is 0 Å². The molecule has 2 heterocycles. The van der Waals surface area contributed by atoms with Crippen molar-refractivity contribution in [3.63, 3.8) is 0 Å². The van der Waals surface area contributed by atoms with Crippen molar-refractivity contribution in [1.82, 2.24) is 10.2 Å². The highest BCUT2D eigenvalue weighted by Crippen LogP contribution is 2.26. The maximum Gasteiger partial charge on any atom is 0.257 e. The van der Waals surface area contributed by atoms with E-state index in [4.69, 9.17) is 4.42 Å². The zero-order valence-corrected chi connectivity index (χ0v) is 11.7. The predicted molar refractivity (Wildman–Crippen MR) is 70.9 cm³/mol. The molecule has 1 aromatic rings. The lowest BCUT2D eigenvalue weighted by Crippen LogP contribution is -2.41. The lowest BCUT2D eigenvalue weighted by molar-refractivity contribution is 0.0734. The van der Waals surface area contributed by atoms with Crippen molar-refractivity contribution in [3.8, 4) is 0 Å². The number of amides is 1. The Morgan fingerprint density at radius 3 is 2.67 bits per heavy atom. The van der Waals surface area contributed by atoms with Crippen LogP contribution in [0.1, 0.15) is 40.3 Å². The molecule has 1 atom stereocenters. The smallest absolute Gasteiger partial charge is 0.257 e. The number of carbonyl (C=O) groups excluding carboxylic acids is 1. The number of likely N-dealkylation sites (tertiary alicyclic amines) is 1. The number of furan rings is 1. The Hall–Kier alpha value is -1.29. The van der Waals surface area contributed by atoms with Gasteiger partial charge in [0.2, 0.25) is 0 Å². The van der Waals surface area contributed by atoms with Crippen LogP contribution in [0.3, 0.4) is 0 Å². The van der Waals surface area contributed by atoms with Crippen molar-refractivity contribution < 1.29 is 9.21 Å². The van der Waals surface area contributed by atoms with Crippen molar-refractivity contribution in [1.29, 1.82) is 0 Å². The first-order valence-corrected chi connectivity index (χ1v) is 6.58. The quantitative estimate of drug-likeness (QED) is 0.892. The van der Waals surface area contributed by atoms with E-state index < -0.39 is 0 Å². The summed E-state index contributed by atoms with van der Waals surface area (Å²) in [5.74, 6) is 1.71. The molecule has 2 rings (SSSR count). The monoisotopic (exact) mass is 250 g/mol. The topological polar surface area (TPSA) is 45.5 Å². The molecular formula is C14H22N2O2. The molecule has 1 saturated heterocycles. The van der Waals surface area contributed by atoms with Crippen LogP contribution in [0.15, 0.2) is 4.42 Å². The van der Waals surface area contributed by atoms with Gasteiger partial charge in [0.05, 0.1) is 5.56 Å². The van der Waals surface area contributed by atoms with Gasteiger partial charge < -0.3 is 14.6 Å². The van der Waals surface area contributed by atoms with Crippen LogP contribution >= 0.6 is 0 Å². The summed E-state index contributed by atoms with van der Waals surface area (Å²) in [6.45, 7) is 7.46. The van der Waals surface area contributed by atoms with E-state index in [1.165, 1.54) is 0 Å². The number of aryl methyl sites for hydroxylation is 2. The van der Waals surface area contributed by atoms with E-state index in [0.29, 0.717) is 6.04 Å². The molecule has 0 aliphatic carbocycles. The molecule has 4 nitrogen and oxygen atoms in total. The first-order chi connectivity index (χ1) is 8.56. The number of hydrogen-bond donors (Lipinski definition) is 1. The van der Waals surface area contributed by atoms with Crippen LogP contribution in [-0.2, 0) is 0 Å². The molecule has 1 amide bonds. The third-order valence-electron chi connectivity index (χ3n) is 3.85. The molecule has 0 spiro atoms. The van der Waals surface area contributed by atoms with Gasteiger partial charge in [-0.2, -0.15) is 0 Å². The predicted octanol–water partition coefficient (Wildman–Crippen LogP) is 2.03. The lowest BCUT2D eigenvalue weighted by atomic mass is 10.1. The molecule has 4 heteroatoms. The number of hydrogen-bond acceptors (Lipinski definition) is 3. The standard InChI is InChI=1S/C14H22N2O2/c1-9-10(2)18-11(3)13(9)14(17)16-7-5-6-12(16)8-15-4/h12,15H,5-8H2,1-4H3. The number of nitrogens with one attached hydrogen (secondary N) is 1. The molecule has 1 unspecified atom stereocenters. The Kier molecular flexibility index (Phi) is 3.76. The molecule has 0 radical (unpaired) electrons. The molecule has 1 aliphatic rings. The number of likely N-dealkylation sites (N-methyl/N-ethyl adjacent to an activating group) is 1. The van der Waals surface area contributed by atoms with Gasteiger partial charge in [-0.05, 0) is 40.7 Å².